The zero-order valence-electron chi connectivity index (χ0n) is 9.90. The summed E-state index contributed by atoms with van der Waals surface area (Å²) in [4.78, 5) is 0. The van der Waals surface area contributed by atoms with Gasteiger partial charge in [0.05, 0.1) is 7.11 Å². The Kier molecular flexibility index (Phi) is 4.25. The molecule has 0 amide bonds. The Morgan fingerprint density at radius 1 is 1.00 bits per heavy atom. The van der Waals surface area contributed by atoms with Crippen LogP contribution in [0.3, 0.4) is 0 Å². The average Bonchev–Trinajstić information content (AvgIpc) is 2.23. The summed E-state index contributed by atoms with van der Waals surface area (Å²) < 4.78 is 10.9. The first kappa shape index (κ1) is 12.6. The summed E-state index contributed by atoms with van der Waals surface area (Å²) in [6.45, 7) is 8.36. The largest absolute Gasteiger partial charge is 0.496 e. The predicted octanol–water partition coefficient (Wildman–Crippen LogP) is 3.91. The Balaban J connectivity index is 3.57. The standard InChI is InChI=1S/C12H17IO2/c1-6-10-9(4)11(15-13)7(2)8(3)12(10)14-5/h6H2,1-5H3. The number of rotatable bonds is 3. The molecule has 0 saturated carbocycles. The minimum absolute atomic E-state index is 0.961. The van der Waals surface area contributed by atoms with Crippen molar-refractivity contribution in [1.29, 1.82) is 0 Å². The topological polar surface area (TPSA) is 18.5 Å². The maximum atomic E-state index is 5.47. The normalized spacial score (nSPS) is 10.3. The van der Waals surface area contributed by atoms with Crippen molar-refractivity contribution in [2.75, 3.05) is 7.11 Å². The molecule has 1 rings (SSSR count). The van der Waals surface area contributed by atoms with Crippen LogP contribution in [0.15, 0.2) is 0 Å². The van der Waals surface area contributed by atoms with E-state index >= 15 is 0 Å². The van der Waals surface area contributed by atoms with E-state index in [1.165, 1.54) is 16.7 Å². The maximum Gasteiger partial charge on any atom is 0.192 e. The molecule has 0 aliphatic heterocycles. The van der Waals surface area contributed by atoms with Crippen molar-refractivity contribution in [3.05, 3.63) is 22.3 Å². The number of hydrogen-bond donors (Lipinski definition) is 0. The quantitative estimate of drug-likeness (QED) is 0.786. The Morgan fingerprint density at radius 2 is 1.53 bits per heavy atom. The van der Waals surface area contributed by atoms with Crippen molar-refractivity contribution in [1.82, 2.24) is 0 Å². The van der Waals surface area contributed by atoms with E-state index in [-0.39, 0.29) is 0 Å². The molecule has 0 aliphatic carbocycles. The van der Waals surface area contributed by atoms with E-state index in [4.69, 9.17) is 7.80 Å². The van der Waals surface area contributed by atoms with Gasteiger partial charge in [-0.05, 0) is 43.9 Å². The molecule has 0 heterocycles. The number of benzene rings is 1. The van der Waals surface area contributed by atoms with E-state index < -0.39 is 0 Å². The fourth-order valence-corrected chi connectivity index (χ4v) is 2.63. The van der Waals surface area contributed by atoms with Gasteiger partial charge in [0.25, 0.3) is 0 Å². The summed E-state index contributed by atoms with van der Waals surface area (Å²) >= 11 is 1.94. The van der Waals surface area contributed by atoms with Crippen LogP contribution in [0.5, 0.6) is 11.5 Å². The second kappa shape index (κ2) is 5.05. The van der Waals surface area contributed by atoms with Crippen LogP contribution >= 0.6 is 23.0 Å². The zero-order valence-corrected chi connectivity index (χ0v) is 12.1. The van der Waals surface area contributed by atoms with Gasteiger partial charge in [-0.15, -0.1) is 0 Å². The Morgan fingerprint density at radius 3 is 1.93 bits per heavy atom. The molecule has 3 heteroatoms. The predicted molar refractivity (Wildman–Crippen MR) is 71.2 cm³/mol. The van der Waals surface area contributed by atoms with E-state index in [2.05, 4.69) is 27.7 Å². The molecule has 15 heavy (non-hydrogen) atoms. The van der Waals surface area contributed by atoms with Gasteiger partial charge in [0.15, 0.2) is 23.0 Å². The first-order chi connectivity index (χ1) is 7.08. The van der Waals surface area contributed by atoms with Gasteiger partial charge in [-0.3, -0.25) is 0 Å². The summed E-state index contributed by atoms with van der Waals surface area (Å²) in [5.41, 5.74) is 4.77. The molecule has 0 saturated heterocycles. The molecule has 0 N–H and O–H groups in total. The lowest BCUT2D eigenvalue weighted by Crippen LogP contribution is -2.01. The summed E-state index contributed by atoms with van der Waals surface area (Å²) in [7, 11) is 1.73. The third-order valence-electron chi connectivity index (χ3n) is 2.95. The second-order valence-corrected chi connectivity index (χ2v) is 4.09. The van der Waals surface area contributed by atoms with Crippen LogP contribution in [-0.2, 0) is 6.42 Å². The fourth-order valence-electron chi connectivity index (χ4n) is 1.97. The van der Waals surface area contributed by atoms with Gasteiger partial charge in [-0.1, -0.05) is 6.92 Å². The minimum Gasteiger partial charge on any atom is -0.496 e. The molecule has 0 radical (unpaired) electrons. The summed E-state index contributed by atoms with van der Waals surface area (Å²) in [6.07, 6.45) is 0.961. The van der Waals surface area contributed by atoms with Crippen LogP contribution in [0.1, 0.15) is 29.2 Å². The van der Waals surface area contributed by atoms with Gasteiger partial charge in [0.1, 0.15) is 11.5 Å². The Hall–Kier alpha value is -0.450. The number of hydrogen-bond acceptors (Lipinski definition) is 2. The number of methoxy groups -OCH3 is 1. The highest BCUT2D eigenvalue weighted by Gasteiger charge is 2.17. The van der Waals surface area contributed by atoms with Crippen LogP contribution in [0, 0.1) is 20.8 Å². The van der Waals surface area contributed by atoms with Crippen LogP contribution in [0.25, 0.3) is 0 Å². The van der Waals surface area contributed by atoms with Gasteiger partial charge in [-0.25, -0.2) is 0 Å². The molecule has 2 nitrogen and oxygen atoms in total. The molecule has 0 spiro atoms. The van der Waals surface area contributed by atoms with E-state index in [9.17, 15) is 0 Å². The first-order valence-electron chi connectivity index (χ1n) is 5.03. The molecule has 0 atom stereocenters. The summed E-state index contributed by atoms with van der Waals surface area (Å²) in [6, 6.07) is 0. The maximum absolute atomic E-state index is 5.47. The lowest BCUT2D eigenvalue weighted by atomic mass is 9.96. The monoisotopic (exact) mass is 320 g/mol. The van der Waals surface area contributed by atoms with E-state index in [1.807, 2.05) is 23.0 Å². The zero-order chi connectivity index (χ0) is 11.6. The van der Waals surface area contributed by atoms with Gasteiger partial charge in [-0.2, -0.15) is 0 Å². The molecule has 1 aromatic carbocycles. The van der Waals surface area contributed by atoms with Gasteiger partial charge in [0.2, 0.25) is 0 Å². The van der Waals surface area contributed by atoms with Crippen molar-refractivity contribution in [2.24, 2.45) is 0 Å². The van der Waals surface area contributed by atoms with E-state index in [0.717, 1.165) is 23.5 Å². The highest BCUT2D eigenvalue weighted by Crippen LogP contribution is 2.38. The van der Waals surface area contributed by atoms with Crippen molar-refractivity contribution in [2.45, 2.75) is 34.1 Å². The van der Waals surface area contributed by atoms with E-state index in [0.29, 0.717) is 0 Å². The van der Waals surface area contributed by atoms with Gasteiger partial charge >= 0.3 is 0 Å². The van der Waals surface area contributed by atoms with Crippen LogP contribution in [0.2, 0.25) is 0 Å². The minimum atomic E-state index is 0.961. The van der Waals surface area contributed by atoms with Crippen LogP contribution < -0.4 is 7.80 Å². The molecular weight excluding hydrogens is 303 g/mol. The van der Waals surface area contributed by atoms with Gasteiger partial charge < -0.3 is 7.80 Å². The highest BCUT2D eigenvalue weighted by atomic mass is 127. The van der Waals surface area contributed by atoms with Crippen molar-refractivity contribution in [3.8, 4) is 11.5 Å². The van der Waals surface area contributed by atoms with Crippen molar-refractivity contribution in [3.63, 3.8) is 0 Å². The van der Waals surface area contributed by atoms with E-state index in [1.54, 1.807) is 7.11 Å². The first-order valence-corrected chi connectivity index (χ1v) is 5.91. The molecule has 1 aromatic rings. The van der Waals surface area contributed by atoms with Crippen molar-refractivity contribution >= 4 is 23.0 Å². The van der Waals surface area contributed by atoms with Crippen LogP contribution in [-0.4, -0.2) is 7.11 Å². The molecule has 84 valence electrons. The summed E-state index contributed by atoms with van der Waals surface area (Å²) in [5, 5.41) is 0. The lowest BCUT2D eigenvalue weighted by Gasteiger charge is -2.18. The Labute approximate surface area is 106 Å². The molecule has 0 aromatic heterocycles. The Bertz CT molecular complexity index is 373. The molecule has 0 unspecified atom stereocenters. The van der Waals surface area contributed by atoms with Gasteiger partial charge in [0, 0.05) is 5.56 Å². The number of ether oxygens (including phenoxy) is 1. The fraction of sp³-hybridized carbons (Fsp3) is 0.500. The smallest absolute Gasteiger partial charge is 0.192 e. The van der Waals surface area contributed by atoms with Crippen LogP contribution in [0.4, 0.5) is 0 Å². The molecule has 0 bridgehead atoms. The van der Waals surface area contributed by atoms with Crippen molar-refractivity contribution < 1.29 is 7.80 Å². The molecule has 0 fully saturated rings. The summed E-state index contributed by atoms with van der Waals surface area (Å²) in [5.74, 6) is 1.98. The lowest BCUT2D eigenvalue weighted by molar-refractivity contribution is 0.405. The third kappa shape index (κ3) is 2.07. The SMILES string of the molecule is CCc1c(C)c(OI)c(C)c(C)c1OC. The molecular formula is C12H17IO2. The highest BCUT2D eigenvalue weighted by molar-refractivity contribution is 14.1. The average molecular weight is 320 g/mol. The third-order valence-corrected chi connectivity index (χ3v) is 3.39. The number of halogens is 1. The second-order valence-electron chi connectivity index (χ2n) is 3.65. The molecule has 0 aliphatic rings.